The average Bonchev–Trinajstić information content (AvgIpc) is 2.55. The van der Waals surface area contributed by atoms with Crippen molar-refractivity contribution in [2.75, 3.05) is 6.54 Å². The summed E-state index contributed by atoms with van der Waals surface area (Å²) in [7, 11) is 0. The zero-order valence-corrected chi connectivity index (χ0v) is 15.2. The number of nitrogens with one attached hydrogen (secondary N) is 1. The highest BCUT2D eigenvalue weighted by atomic mass is 19.4. The maximum Gasteiger partial charge on any atom is 0.436 e. The number of carbonyl (C=O) groups excluding carboxylic acids is 1. The third-order valence-corrected chi connectivity index (χ3v) is 3.29. The summed E-state index contributed by atoms with van der Waals surface area (Å²) in [6, 6.07) is 4.04. The lowest BCUT2D eigenvalue weighted by Crippen LogP contribution is -2.40. The molecule has 0 aromatic heterocycles. The molecule has 1 aromatic rings. The van der Waals surface area contributed by atoms with E-state index in [4.69, 9.17) is 9.47 Å². The zero-order chi connectivity index (χ0) is 21.1. The predicted octanol–water partition coefficient (Wildman–Crippen LogP) is 3.50. The van der Waals surface area contributed by atoms with Gasteiger partial charge in [-0.05, 0) is 39.0 Å². The largest absolute Gasteiger partial charge is 0.469 e. The minimum absolute atomic E-state index is 0.0192. The van der Waals surface area contributed by atoms with Gasteiger partial charge in [-0.3, -0.25) is 10.1 Å². The van der Waals surface area contributed by atoms with E-state index in [2.05, 4.69) is 17.2 Å². The summed E-state index contributed by atoms with van der Waals surface area (Å²) in [6.07, 6.45) is -7.37. The Balaban J connectivity index is 2.13. The molecule has 1 atom stereocenters. The molecule has 1 heterocycles. The van der Waals surface area contributed by atoms with Crippen molar-refractivity contribution >= 4 is 12.2 Å². The Morgan fingerprint density at radius 3 is 2.61 bits per heavy atom. The number of hydrogen-bond donors (Lipinski definition) is 1. The molecule has 0 saturated heterocycles. The number of alkyl halides is 3. The summed E-state index contributed by atoms with van der Waals surface area (Å²) < 4.78 is 48.7. The molecule has 0 aliphatic carbocycles. The smallest absolute Gasteiger partial charge is 0.436 e. The summed E-state index contributed by atoms with van der Waals surface area (Å²) >= 11 is 0. The van der Waals surface area contributed by atoms with E-state index in [9.17, 15) is 28.1 Å². The van der Waals surface area contributed by atoms with Gasteiger partial charge in [0.15, 0.2) is 0 Å². The minimum Gasteiger partial charge on any atom is -0.469 e. The number of hydrogen-bond acceptors (Lipinski definition) is 5. The Morgan fingerprint density at radius 1 is 1.36 bits per heavy atom. The lowest BCUT2D eigenvalue weighted by Gasteiger charge is -2.24. The molecule has 0 saturated carbocycles. The van der Waals surface area contributed by atoms with Crippen LogP contribution in [-0.2, 0) is 4.74 Å². The second-order valence-electron chi connectivity index (χ2n) is 6.78. The number of rotatable bonds is 2. The van der Waals surface area contributed by atoms with E-state index in [1.54, 1.807) is 20.8 Å². The molecule has 7 nitrogen and oxygen atoms in total. The fourth-order valence-corrected chi connectivity index (χ4v) is 2.23. The Kier molecular flexibility index (Phi) is 5.87. The standard InChI is InChI=1S/C18H17F3N2O5/c1-17(2,3)28-16(24)22-8-4-5-11-6-7-14-12(9-11)10-13(23(25)26)15(27-14)18(19,20)21/h6-7,9-10,15H,8H2,1-3H3,(H,22,24). The van der Waals surface area contributed by atoms with E-state index >= 15 is 0 Å². The maximum atomic E-state index is 13.0. The third kappa shape index (κ3) is 5.64. The molecule has 0 radical (unpaired) electrons. The zero-order valence-electron chi connectivity index (χ0n) is 15.2. The molecule has 1 unspecified atom stereocenters. The molecule has 1 amide bonds. The van der Waals surface area contributed by atoms with Crippen LogP contribution in [0.4, 0.5) is 18.0 Å². The van der Waals surface area contributed by atoms with Gasteiger partial charge in [-0.25, -0.2) is 4.79 Å². The first-order valence-corrected chi connectivity index (χ1v) is 8.06. The fourth-order valence-electron chi connectivity index (χ4n) is 2.23. The molecule has 0 spiro atoms. The van der Waals surface area contributed by atoms with Crippen molar-refractivity contribution in [1.82, 2.24) is 5.32 Å². The first kappa shape index (κ1) is 21.1. The molecule has 0 fully saturated rings. The van der Waals surface area contributed by atoms with Crippen LogP contribution >= 0.6 is 0 Å². The molecular weight excluding hydrogens is 381 g/mol. The second kappa shape index (κ2) is 7.80. The highest BCUT2D eigenvalue weighted by Crippen LogP contribution is 2.37. The molecule has 1 aromatic carbocycles. The van der Waals surface area contributed by atoms with Crippen molar-refractivity contribution in [3.63, 3.8) is 0 Å². The van der Waals surface area contributed by atoms with Crippen molar-refractivity contribution in [3.05, 3.63) is 45.1 Å². The maximum absolute atomic E-state index is 13.0. The summed E-state index contributed by atoms with van der Waals surface area (Å²) in [4.78, 5) is 21.3. The molecule has 1 aliphatic heterocycles. The van der Waals surface area contributed by atoms with Crippen LogP contribution in [0.25, 0.3) is 6.08 Å². The van der Waals surface area contributed by atoms with Crippen molar-refractivity contribution in [2.24, 2.45) is 0 Å². The number of nitro groups is 1. The highest BCUT2D eigenvalue weighted by Gasteiger charge is 2.51. The van der Waals surface area contributed by atoms with Crippen molar-refractivity contribution < 1.29 is 32.4 Å². The quantitative estimate of drug-likeness (QED) is 0.468. The number of ether oxygens (including phenoxy) is 2. The molecular formula is C18H17F3N2O5. The molecule has 1 N–H and O–H groups in total. The summed E-state index contributed by atoms with van der Waals surface area (Å²) in [5.41, 5.74) is -1.25. The van der Waals surface area contributed by atoms with Gasteiger partial charge in [0.05, 0.1) is 11.5 Å². The van der Waals surface area contributed by atoms with Crippen LogP contribution in [0.2, 0.25) is 0 Å². The molecule has 150 valence electrons. The number of fused-ring (bicyclic) bond motifs is 1. The number of amides is 1. The SMILES string of the molecule is CC(C)(C)OC(=O)NCC#Cc1ccc2c(c1)C=C([N+](=O)[O-])C(C(F)(F)F)O2. The topological polar surface area (TPSA) is 90.7 Å². The second-order valence-corrected chi connectivity index (χ2v) is 6.78. The van der Waals surface area contributed by atoms with E-state index in [1.165, 1.54) is 18.2 Å². The minimum atomic E-state index is -4.91. The van der Waals surface area contributed by atoms with Gasteiger partial charge in [0.1, 0.15) is 11.4 Å². The molecule has 0 bridgehead atoms. The molecule has 28 heavy (non-hydrogen) atoms. The van der Waals surface area contributed by atoms with Crippen LogP contribution in [-0.4, -0.2) is 35.4 Å². The van der Waals surface area contributed by atoms with Gasteiger partial charge in [0.2, 0.25) is 0 Å². The van der Waals surface area contributed by atoms with Crippen molar-refractivity contribution in [1.29, 1.82) is 0 Å². The Labute approximate surface area is 158 Å². The highest BCUT2D eigenvalue weighted by molar-refractivity contribution is 5.68. The third-order valence-electron chi connectivity index (χ3n) is 3.29. The van der Waals surface area contributed by atoms with Gasteiger partial charge in [-0.2, -0.15) is 13.2 Å². The number of alkyl carbamates (subject to hydrolysis) is 1. The van der Waals surface area contributed by atoms with E-state index in [0.29, 0.717) is 5.56 Å². The first-order valence-electron chi connectivity index (χ1n) is 8.06. The van der Waals surface area contributed by atoms with Crippen LogP contribution in [0, 0.1) is 22.0 Å². The van der Waals surface area contributed by atoms with Crippen molar-refractivity contribution in [2.45, 2.75) is 38.7 Å². The number of nitrogens with zero attached hydrogens (tertiary/aromatic N) is 1. The van der Waals surface area contributed by atoms with Gasteiger partial charge in [-0.15, -0.1) is 0 Å². The molecule has 10 heteroatoms. The van der Waals surface area contributed by atoms with Gasteiger partial charge in [-0.1, -0.05) is 11.8 Å². The fraction of sp³-hybridized carbons (Fsp3) is 0.389. The van der Waals surface area contributed by atoms with Crippen LogP contribution in [0.1, 0.15) is 31.9 Å². The van der Waals surface area contributed by atoms with Gasteiger partial charge < -0.3 is 14.8 Å². The van der Waals surface area contributed by atoms with Crippen LogP contribution in [0.15, 0.2) is 23.9 Å². The van der Waals surface area contributed by atoms with E-state index in [1.807, 2.05) is 0 Å². The number of halogens is 3. The number of carbonyl (C=O) groups is 1. The molecule has 1 aliphatic rings. The first-order chi connectivity index (χ1) is 12.9. The monoisotopic (exact) mass is 398 g/mol. The van der Waals surface area contributed by atoms with Crippen LogP contribution in [0.3, 0.4) is 0 Å². The Bertz CT molecular complexity index is 876. The van der Waals surface area contributed by atoms with Gasteiger partial charge >= 0.3 is 12.3 Å². The lowest BCUT2D eigenvalue weighted by atomic mass is 10.0. The van der Waals surface area contributed by atoms with E-state index < -0.39 is 34.6 Å². The van der Waals surface area contributed by atoms with Gasteiger partial charge in [0, 0.05) is 17.2 Å². The molecule has 2 rings (SSSR count). The summed E-state index contributed by atoms with van der Waals surface area (Å²) in [5, 5.41) is 13.4. The number of benzene rings is 1. The van der Waals surface area contributed by atoms with Crippen molar-refractivity contribution in [3.8, 4) is 17.6 Å². The summed E-state index contributed by atoms with van der Waals surface area (Å²) in [5.74, 6) is 5.22. The normalized spacial score (nSPS) is 15.9. The lowest BCUT2D eigenvalue weighted by molar-refractivity contribution is -0.443. The Morgan fingerprint density at radius 2 is 2.04 bits per heavy atom. The van der Waals surface area contributed by atoms with Gasteiger partial charge in [0.25, 0.3) is 11.8 Å². The van der Waals surface area contributed by atoms with E-state index in [0.717, 1.165) is 6.08 Å². The van der Waals surface area contributed by atoms with E-state index in [-0.39, 0.29) is 17.9 Å². The summed E-state index contributed by atoms with van der Waals surface area (Å²) in [6.45, 7) is 5.12. The average molecular weight is 398 g/mol. The van der Waals surface area contributed by atoms with Crippen LogP contribution < -0.4 is 10.1 Å². The Hall–Kier alpha value is -3.22. The van der Waals surface area contributed by atoms with Crippen LogP contribution in [0.5, 0.6) is 5.75 Å². The predicted molar refractivity (Wildman–Crippen MR) is 93.0 cm³/mol.